The van der Waals surface area contributed by atoms with E-state index < -0.39 is 5.82 Å². The van der Waals surface area contributed by atoms with E-state index in [0.29, 0.717) is 23.1 Å². The Bertz CT molecular complexity index is 700. The summed E-state index contributed by atoms with van der Waals surface area (Å²) in [6.45, 7) is 0.645. The van der Waals surface area contributed by atoms with Gasteiger partial charge in [-0.2, -0.15) is 5.26 Å². The molecule has 0 aliphatic rings. The van der Waals surface area contributed by atoms with Crippen LogP contribution in [0.15, 0.2) is 47.2 Å². The first kappa shape index (κ1) is 16.1. The third kappa shape index (κ3) is 4.12. The molecule has 2 rings (SSSR count). The van der Waals surface area contributed by atoms with Crippen LogP contribution in [-0.2, 0) is 6.54 Å². The molecule has 2 aromatic rings. The summed E-state index contributed by atoms with van der Waals surface area (Å²) >= 11 is 3.20. The van der Waals surface area contributed by atoms with Crippen LogP contribution in [0.2, 0.25) is 0 Å². The van der Waals surface area contributed by atoms with Crippen LogP contribution >= 0.6 is 15.9 Å². The van der Waals surface area contributed by atoms with E-state index in [1.165, 1.54) is 18.2 Å². The number of halogens is 2. The first-order valence-electron chi connectivity index (χ1n) is 6.62. The van der Waals surface area contributed by atoms with Gasteiger partial charge in [-0.3, -0.25) is 9.78 Å². The molecule has 0 spiro atoms. The van der Waals surface area contributed by atoms with Gasteiger partial charge in [0.25, 0.3) is 5.91 Å². The number of hydrogen-bond donors (Lipinski definition) is 0. The summed E-state index contributed by atoms with van der Waals surface area (Å²) in [5.74, 6) is -0.676. The molecule has 0 aliphatic carbocycles. The Morgan fingerprint density at radius 1 is 1.41 bits per heavy atom. The number of benzene rings is 1. The minimum Gasteiger partial charge on any atom is -0.333 e. The van der Waals surface area contributed by atoms with Crippen molar-refractivity contribution >= 4 is 21.8 Å². The predicted molar refractivity (Wildman–Crippen MR) is 83.3 cm³/mol. The SMILES string of the molecule is N#CCCN(Cc1cccnc1)C(=O)c1ccc(F)cc1Br. The second kappa shape index (κ2) is 7.66. The summed E-state index contributed by atoms with van der Waals surface area (Å²) < 4.78 is 13.5. The van der Waals surface area contributed by atoms with Crippen molar-refractivity contribution in [2.75, 3.05) is 6.54 Å². The van der Waals surface area contributed by atoms with E-state index in [0.717, 1.165) is 5.56 Å². The summed E-state index contributed by atoms with van der Waals surface area (Å²) in [7, 11) is 0. The van der Waals surface area contributed by atoms with E-state index in [1.807, 2.05) is 12.1 Å². The maximum atomic E-state index is 13.2. The van der Waals surface area contributed by atoms with Gasteiger partial charge in [0, 0.05) is 30.0 Å². The summed E-state index contributed by atoms with van der Waals surface area (Å²) in [5.41, 5.74) is 1.23. The van der Waals surface area contributed by atoms with Gasteiger partial charge in [0.05, 0.1) is 18.1 Å². The molecule has 1 aromatic carbocycles. The Kier molecular flexibility index (Phi) is 5.61. The van der Waals surface area contributed by atoms with Crippen LogP contribution in [0.3, 0.4) is 0 Å². The molecule has 0 radical (unpaired) electrons. The smallest absolute Gasteiger partial charge is 0.255 e. The molecule has 22 heavy (non-hydrogen) atoms. The van der Waals surface area contributed by atoms with Crippen LogP contribution in [0.5, 0.6) is 0 Å². The van der Waals surface area contributed by atoms with Crippen LogP contribution in [0.1, 0.15) is 22.3 Å². The molecule has 0 saturated heterocycles. The molecular weight excluding hydrogens is 349 g/mol. The molecule has 112 valence electrons. The van der Waals surface area contributed by atoms with Crippen LogP contribution in [-0.4, -0.2) is 22.3 Å². The number of rotatable bonds is 5. The van der Waals surface area contributed by atoms with Crippen LogP contribution < -0.4 is 0 Å². The maximum Gasteiger partial charge on any atom is 0.255 e. The van der Waals surface area contributed by atoms with Crippen LogP contribution in [0.25, 0.3) is 0 Å². The monoisotopic (exact) mass is 361 g/mol. The molecule has 0 N–H and O–H groups in total. The molecule has 0 saturated carbocycles. The number of pyridine rings is 1. The van der Waals surface area contributed by atoms with E-state index in [2.05, 4.69) is 20.9 Å². The molecule has 1 heterocycles. The fourth-order valence-electron chi connectivity index (χ4n) is 1.98. The van der Waals surface area contributed by atoms with E-state index in [1.54, 1.807) is 23.4 Å². The number of carbonyl (C=O) groups is 1. The van der Waals surface area contributed by atoms with Gasteiger partial charge in [-0.15, -0.1) is 0 Å². The zero-order valence-corrected chi connectivity index (χ0v) is 13.3. The fourth-order valence-corrected chi connectivity index (χ4v) is 2.50. The lowest BCUT2D eigenvalue weighted by Gasteiger charge is -2.22. The van der Waals surface area contributed by atoms with Crippen LogP contribution in [0.4, 0.5) is 4.39 Å². The van der Waals surface area contributed by atoms with E-state index in [4.69, 9.17) is 5.26 Å². The summed E-state index contributed by atoms with van der Waals surface area (Å²) in [5, 5.41) is 8.77. The average Bonchev–Trinajstić information content (AvgIpc) is 2.52. The summed E-state index contributed by atoms with van der Waals surface area (Å²) in [6.07, 6.45) is 3.55. The van der Waals surface area contributed by atoms with Gasteiger partial charge in [0.1, 0.15) is 5.82 Å². The number of nitrogens with zero attached hydrogens (tertiary/aromatic N) is 3. The van der Waals surface area contributed by atoms with Crippen molar-refractivity contribution in [1.29, 1.82) is 5.26 Å². The molecular formula is C16H13BrFN3O. The van der Waals surface area contributed by atoms with Crippen LogP contribution in [0, 0.1) is 17.1 Å². The second-order valence-electron chi connectivity index (χ2n) is 4.62. The zero-order valence-electron chi connectivity index (χ0n) is 11.7. The van der Waals surface area contributed by atoms with Gasteiger partial charge in [-0.05, 0) is 45.8 Å². The quantitative estimate of drug-likeness (QED) is 0.818. The molecule has 0 atom stereocenters. The number of hydrogen-bond acceptors (Lipinski definition) is 3. The number of carbonyl (C=O) groups excluding carboxylic acids is 1. The van der Waals surface area contributed by atoms with Crippen molar-refractivity contribution in [2.24, 2.45) is 0 Å². The Labute approximate surface area is 136 Å². The highest BCUT2D eigenvalue weighted by Crippen LogP contribution is 2.21. The number of nitriles is 1. The zero-order chi connectivity index (χ0) is 15.9. The standard InChI is InChI=1S/C16H13BrFN3O/c17-15-9-13(18)4-5-14(15)16(22)21(8-2-6-19)11-12-3-1-7-20-10-12/h1,3-5,7,9-10H,2,8,11H2. The minimum atomic E-state index is -0.417. The predicted octanol–water partition coefficient (Wildman–Crippen LogP) is 3.54. The maximum absolute atomic E-state index is 13.2. The second-order valence-corrected chi connectivity index (χ2v) is 5.47. The molecule has 1 aromatic heterocycles. The molecule has 4 nitrogen and oxygen atoms in total. The lowest BCUT2D eigenvalue weighted by Crippen LogP contribution is -2.31. The molecule has 0 bridgehead atoms. The lowest BCUT2D eigenvalue weighted by molar-refractivity contribution is 0.0746. The summed E-state index contributed by atoms with van der Waals surface area (Å²) in [6, 6.07) is 9.61. The Balaban J connectivity index is 2.24. The Hall–Kier alpha value is -2.26. The lowest BCUT2D eigenvalue weighted by atomic mass is 10.1. The van der Waals surface area contributed by atoms with Gasteiger partial charge in [-0.1, -0.05) is 6.07 Å². The van der Waals surface area contributed by atoms with Crippen molar-refractivity contribution < 1.29 is 9.18 Å². The summed E-state index contributed by atoms with van der Waals surface area (Å²) in [4.78, 5) is 18.2. The number of amides is 1. The molecule has 1 amide bonds. The van der Waals surface area contributed by atoms with E-state index >= 15 is 0 Å². The van der Waals surface area contributed by atoms with E-state index in [9.17, 15) is 9.18 Å². The molecule has 0 fully saturated rings. The van der Waals surface area contributed by atoms with Gasteiger partial charge < -0.3 is 4.90 Å². The average molecular weight is 362 g/mol. The number of aromatic nitrogens is 1. The highest BCUT2D eigenvalue weighted by atomic mass is 79.9. The minimum absolute atomic E-state index is 0.227. The van der Waals surface area contributed by atoms with Gasteiger partial charge in [0.2, 0.25) is 0 Å². The van der Waals surface area contributed by atoms with Crippen molar-refractivity contribution in [3.8, 4) is 6.07 Å². The van der Waals surface area contributed by atoms with Crippen molar-refractivity contribution in [2.45, 2.75) is 13.0 Å². The van der Waals surface area contributed by atoms with Gasteiger partial charge in [0.15, 0.2) is 0 Å². The first-order chi connectivity index (χ1) is 10.6. The van der Waals surface area contributed by atoms with E-state index in [-0.39, 0.29) is 12.3 Å². The highest BCUT2D eigenvalue weighted by Gasteiger charge is 2.18. The largest absolute Gasteiger partial charge is 0.333 e. The third-order valence-electron chi connectivity index (χ3n) is 3.04. The van der Waals surface area contributed by atoms with Gasteiger partial charge in [-0.25, -0.2) is 4.39 Å². The fraction of sp³-hybridized carbons (Fsp3) is 0.188. The van der Waals surface area contributed by atoms with Gasteiger partial charge >= 0.3 is 0 Å². The third-order valence-corrected chi connectivity index (χ3v) is 3.69. The van der Waals surface area contributed by atoms with Crippen molar-refractivity contribution in [3.05, 3.63) is 64.1 Å². The van der Waals surface area contributed by atoms with Crippen molar-refractivity contribution in [1.82, 2.24) is 9.88 Å². The Morgan fingerprint density at radius 3 is 2.86 bits per heavy atom. The molecule has 0 unspecified atom stereocenters. The molecule has 0 aliphatic heterocycles. The highest BCUT2D eigenvalue weighted by molar-refractivity contribution is 9.10. The van der Waals surface area contributed by atoms with Crippen molar-refractivity contribution in [3.63, 3.8) is 0 Å². The first-order valence-corrected chi connectivity index (χ1v) is 7.41. The molecule has 6 heteroatoms. The Morgan fingerprint density at radius 2 is 2.23 bits per heavy atom. The topological polar surface area (TPSA) is 57.0 Å². The normalized spacial score (nSPS) is 10.0.